The molecule has 3 unspecified atom stereocenters. The first-order chi connectivity index (χ1) is 9.36. The molecule has 0 saturated heterocycles. The normalized spacial score (nSPS) is 30.9. The van der Waals surface area contributed by atoms with Crippen molar-refractivity contribution in [2.45, 2.75) is 62.3 Å². The molecule has 0 amide bonds. The SMILES string of the molecule is CSC1CCC(NC2CCCCc3ccccc32)C1. The van der Waals surface area contributed by atoms with Gasteiger partial charge in [0.2, 0.25) is 0 Å². The highest BCUT2D eigenvalue weighted by Crippen LogP contribution is 2.33. The molecule has 3 rings (SSSR count). The van der Waals surface area contributed by atoms with Crippen LogP contribution < -0.4 is 5.32 Å². The van der Waals surface area contributed by atoms with Gasteiger partial charge in [-0.15, -0.1) is 0 Å². The molecule has 2 aliphatic carbocycles. The van der Waals surface area contributed by atoms with Gasteiger partial charge in [0, 0.05) is 17.3 Å². The van der Waals surface area contributed by atoms with E-state index in [-0.39, 0.29) is 0 Å². The van der Waals surface area contributed by atoms with Crippen molar-refractivity contribution >= 4 is 11.8 Å². The second-order valence-corrected chi connectivity index (χ2v) is 7.17. The lowest BCUT2D eigenvalue weighted by molar-refractivity contribution is 0.416. The maximum absolute atomic E-state index is 3.96. The minimum atomic E-state index is 0.601. The van der Waals surface area contributed by atoms with E-state index in [4.69, 9.17) is 0 Å². The molecule has 104 valence electrons. The second kappa shape index (κ2) is 6.32. The van der Waals surface area contributed by atoms with Crippen LogP contribution in [0.3, 0.4) is 0 Å². The van der Waals surface area contributed by atoms with Gasteiger partial charge in [0.15, 0.2) is 0 Å². The molecular formula is C17H25NS. The average Bonchev–Trinajstić information content (AvgIpc) is 2.80. The number of hydrogen-bond donors (Lipinski definition) is 1. The number of rotatable bonds is 3. The standard InChI is InChI=1S/C17H25NS/c1-19-15-11-10-14(12-15)18-17-9-5-3-7-13-6-2-4-8-16(13)17/h2,4,6,8,14-15,17-18H,3,5,7,9-12H2,1H3. The van der Waals surface area contributed by atoms with Crippen molar-refractivity contribution in [1.82, 2.24) is 5.32 Å². The minimum absolute atomic E-state index is 0.601. The highest BCUT2D eigenvalue weighted by atomic mass is 32.2. The van der Waals surface area contributed by atoms with Crippen molar-refractivity contribution < 1.29 is 0 Å². The predicted octanol–water partition coefficient (Wildman–Crippen LogP) is 4.33. The van der Waals surface area contributed by atoms with Crippen LogP contribution in [0.2, 0.25) is 0 Å². The van der Waals surface area contributed by atoms with Gasteiger partial charge in [0.25, 0.3) is 0 Å². The molecule has 0 aromatic heterocycles. The van der Waals surface area contributed by atoms with Gasteiger partial charge in [-0.25, -0.2) is 0 Å². The van der Waals surface area contributed by atoms with E-state index in [1.54, 1.807) is 11.1 Å². The van der Waals surface area contributed by atoms with Crippen LogP contribution in [0.5, 0.6) is 0 Å². The summed E-state index contributed by atoms with van der Waals surface area (Å²) >= 11 is 2.05. The Morgan fingerprint density at radius 2 is 2.00 bits per heavy atom. The summed E-state index contributed by atoms with van der Waals surface area (Å²) in [6, 6.07) is 10.4. The molecule has 1 N–H and O–H groups in total. The molecule has 1 aromatic rings. The quantitative estimate of drug-likeness (QED) is 0.824. The van der Waals surface area contributed by atoms with Gasteiger partial charge in [-0.05, 0) is 55.9 Å². The summed E-state index contributed by atoms with van der Waals surface area (Å²) in [5, 5.41) is 4.85. The Kier molecular flexibility index (Phi) is 4.49. The van der Waals surface area contributed by atoms with Gasteiger partial charge < -0.3 is 5.32 Å². The predicted molar refractivity (Wildman–Crippen MR) is 84.8 cm³/mol. The number of hydrogen-bond acceptors (Lipinski definition) is 2. The highest BCUT2D eigenvalue weighted by Gasteiger charge is 2.27. The Morgan fingerprint density at radius 1 is 1.11 bits per heavy atom. The topological polar surface area (TPSA) is 12.0 Å². The van der Waals surface area contributed by atoms with Gasteiger partial charge in [0.1, 0.15) is 0 Å². The fourth-order valence-electron chi connectivity index (χ4n) is 3.68. The van der Waals surface area contributed by atoms with Crippen LogP contribution in [0, 0.1) is 0 Å². The molecule has 2 heteroatoms. The molecule has 0 bridgehead atoms. The van der Waals surface area contributed by atoms with E-state index in [2.05, 4.69) is 35.8 Å². The van der Waals surface area contributed by atoms with Crippen molar-refractivity contribution in [2.75, 3.05) is 6.26 Å². The van der Waals surface area contributed by atoms with Crippen molar-refractivity contribution in [3.05, 3.63) is 35.4 Å². The first-order valence-electron chi connectivity index (χ1n) is 7.73. The molecule has 3 atom stereocenters. The Bertz CT molecular complexity index is 417. The third-order valence-electron chi connectivity index (χ3n) is 4.77. The van der Waals surface area contributed by atoms with Crippen LogP contribution in [0.4, 0.5) is 0 Å². The number of aryl methyl sites for hydroxylation is 1. The van der Waals surface area contributed by atoms with Crippen LogP contribution >= 0.6 is 11.8 Å². The van der Waals surface area contributed by atoms with E-state index in [1.165, 1.54) is 44.9 Å². The third kappa shape index (κ3) is 3.17. The van der Waals surface area contributed by atoms with Crippen LogP contribution in [0.25, 0.3) is 0 Å². The van der Waals surface area contributed by atoms with Crippen LogP contribution in [0.1, 0.15) is 55.7 Å². The zero-order valence-corrected chi connectivity index (χ0v) is 12.7. The number of benzene rings is 1. The largest absolute Gasteiger partial charge is 0.307 e. The number of nitrogens with one attached hydrogen (secondary N) is 1. The fourth-order valence-corrected chi connectivity index (χ4v) is 4.48. The van der Waals surface area contributed by atoms with E-state index < -0.39 is 0 Å². The lowest BCUT2D eigenvalue weighted by Crippen LogP contribution is -2.31. The zero-order chi connectivity index (χ0) is 13.1. The van der Waals surface area contributed by atoms with Crippen LogP contribution in [0.15, 0.2) is 24.3 Å². The molecule has 0 spiro atoms. The summed E-state index contributed by atoms with van der Waals surface area (Å²) in [5.74, 6) is 0. The van der Waals surface area contributed by atoms with Crippen molar-refractivity contribution in [1.29, 1.82) is 0 Å². The summed E-state index contributed by atoms with van der Waals surface area (Å²) in [7, 11) is 0. The Balaban J connectivity index is 1.70. The molecule has 0 aliphatic heterocycles. The van der Waals surface area contributed by atoms with Crippen molar-refractivity contribution in [3.8, 4) is 0 Å². The van der Waals surface area contributed by atoms with E-state index in [9.17, 15) is 0 Å². The van der Waals surface area contributed by atoms with Crippen LogP contribution in [-0.2, 0) is 6.42 Å². The molecule has 1 fully saturated rings. The number of thioether (sulfide) groups is 1. The molecule has 1 saturated carbocycles. The second-order valence-electron chi connectivity index (χ2n) is 6.03. The maximum Gasteiger partial charge on any atom is 0.0325 e. The molecule has 0 radical (unpaired) electrons. The van der Waals surface area contributed by atoms with Crippen molar-refractivity contribution in [2.24, 2.45) is 0 Å². The summed E-state index contributed by atoms with van der Waals surface area (Å²) in [6.45, 7) is 0. The highest BCUT2D eigenvalue weighted by molar-refractivity contribution is 7.99. The zero-order valence-electron chi connectivity index (χ0n) is 11.9. The van der Waals surface area contributed by atoms with E-state index in [1.807, 2.05) is 11.8 Å². The van der Waals surface area contributed by atoms with E-state index in [0.29, 0.717) is 6.04 Å². The minimum Gasteiger partial charge on any atom is -0.307 e. The summed E-state index contributed by atoms with van der Waals surface area (Å²) < 4.78 is 0. The maximum atomic E-state index is 3.96. The summed E-state index contributed by atoms with van der Waals surface area (Å²) in [6.07, 6.45) is 11.7. The Hall–Kier alpha value is -0.470. The Labute approximate surface area is 121 Å². The average molecular weight is 275 g/mol. The van der Waals surface area contributed by atoms with Gasteiger partial charge in [-0.2, -0.15) is 11.8 Å². The molecule has 1 aromatic carbocycles. The number of fused-ring (bicyclic) bond motifs is 1. The Morgan fingerprint density at radius 3 is 2.84 bits per heavy atom. The summed E-state index contributed by atoms with van der Waals surface area (Å²) in [5.41, 5.74) is 3.16. The van der Waals surface area contributed by atoms with Gasteiger partial charge >= 0.3 is 0 Å². The van der Waals surface area contributed by atoms with Crippen LogP contribution in [-0.4, -0.2) is 17.5 Å². The summed E-state index contributed by atoms with van der Waals surface area (Å²) in [4.78, 5) is 0. The van der Waals surface area contributed by atoms with E-state index >= 15 is 0 Å². The van der Waals surface area contributed by atoms with Gasteiger partial charge in [-0.1, -0.05) is 30.7 Å². The molecule has 0 heterocycles. The lowest BCUT2D eigenvalue weighted by Gasteiger charge is -2.24. The van der Waals surface area contributed by atoms with Crippen molar-refractivity contribution in [3.63, 3.8) is 0 Å². The fraction of sp³-hybridized carbons (Fsp3) is 0.647. The smallest absolute Gasteiger partial charge is 0.0325 e. The van der Waals surface area contributed by atoms with Gasteiger partial charge in [0.05, 0.1) is 0 Å². The van der Waals surface area contributed by atoms with E-state index in [0.717, 1.165) is 11.3 Å². The first kappa shape index (κ1) is 13.5. The molecule has 1 nitrogen and oxygen atoms in total. The monoisotopic (exact) mass is 275 g/mol. The molecule has 2 aliphatic rings. The third-order valence-corrected chi connectivity index (χ3v) is 5.87. The first-order valence-corrected chi connectivity index (χ1v) is 9.02. The lowest BCUT2D eigenvalue weighted by atomic mass is 9.98. The molecule has 19 heavy (non-hydrogen) atoms. The van der Waals surface area contributed by atoms with Gasteiger partial charge in [-0.3, -0.25) is 0 Å². The molecular weight excluding hydrogens is 250 g/mol.